The van der Waals surface area contributed by atoms with Gasteiger partial charge in [0, 0.05) is 16.8 Å². The molecule has 0 N–H and O–H groups in total. The van der Waals surface area contributed by atoms with E-state index < -0.39 is 8.24 Å². The van der Waals surface area contributed by atoms with Crippen LogP contribution < -0.4 is 46.0 Å². The Balaban J connectivity index is 1.46. The molecule has 0 atom stereocenters. The molecular weight excluding hydrogens is 517 g/mol. The highest BCUT2D eigenvalue weighted by Gasteiger charge is 2.54. The molecule has 3 aliphatic heterocycles. The second kappa shape index (κ2) is 8.50. The Kier molecular flexibility index (Phi) is 4.72. The summed E-state index contributed by atoms with van der Waals surface area (Å²) >= 11 is 0. The molecule has 0 aromatic heterocycles. The van der Waals surface area contributed by atoms with Crippen molar-refractivity contribution in [3.8, 4) is 23.0 Å². The van der Waals surface area contributed by atoms with Gasteiger partial charge in [0.15, 0.2) is 0 Å². The molecule has 0 amide bonds. The Morgan fingerprint density at radius 3 is 1.17 bits per heavy atom. The fraction of sp³-hybridized carbons (Fsp3) is 0. The molecule has 0 saturated heterocycles. The molecule has 0 unspecified atom stereocenters. The van der Waals surface area contributed by atoms with E-state index in [9.17, 15) is 0 Å². The number of benzene rings is 6. The van der Waals surface area contributed by atoms with Gasteiger partial charge in [-0.3, -0.25) is 0 Å². The summed E-state index contributed by atoms with van der Waals surface area (Å²) in [4.78, 5) is 0. The van der Waals surface area contributed by atoms with Gasteiger partial charge in [0.2, 0.25) is 0 Å². The molecule has 192 valence electrons. The fourth-order valence-corrected chi connectivity index (χ4v) is 12.2. The minimum Gasteiger partial charge on any atom is -0.458 e. The predicted molar refractivity (Wildman–Crippen MR) is 170 cm³/mol. The van der Waals surface area contributed by atoms with Crippen molar-refractivity contribution in [3.05, 3.63) is 146 Å². The first-order valence-corrected chi connectivity index (χ1v) is 16.0. The summed E-state index contributed by atoms with van der Waals surface area (Å²) in [5.41, 5.74) is 5.95. The van der Waals surface area contributed by atoms with E-state index in [-0.39, 0.29) is 6.71 Å². The van der Waals surface area contributed by atoms with Gasteiger partial charge in [0.05, 0.1) is 0 Å². The third-order valence-electron chi connectivity index (χ3n) is 8.81. The summed E-state index contributed by atoms with van der Waals surface area (Å²) in [6.07, 6.45) is 0. The van der Waals surface area contributed by atoms with Gasteiger partial charge in [0.25, 0.3) is 14.9 Å². The molecule has 3 aliphatic rings. The molecule has 3 nitrogen and oxygen atoms in total. The summed E-state index contributed by atoms with van der Waals surface area (Å²) in [5, 5.41) is 3.96. The van der Waals surface area contributed by atoms with Crippen LogP contribution in [0.3, 0.4) is 0 Å². The van der Waals surface area contributed by atoms with Crippen molar-refractivity contribution in [1.29, 1.82) is 0 Å². The van der Waals surface area contributed by atoms with Gasteiger partial charge in [-0.15, -0.1) is 0 Å². The van der Waals surface area contributed by atoms with Crippen LogP contribution in [0.2, 0.25) is 0 Å². The SMILES string of the molecule is c1ccc([Si](c2ccccc2)(c2ccccc2)N2c3cccc4c3B3c5c(cccc5Oc5cccc2c53)O4)cc1. The van der Waals surface area contributed by atoms with Crippen LogP contribution in [0.5, 0.6) is 23.0 Å². The highest BCUT2D eigenvalue weighted by atomic mass is 28.3. The Hall–Kier alpha value is -5.00. The van der Waals surface area contributed by atoms with Crippen LogP contribution in [0.15, 0.2) is 146 Å². The monoisotopic (exact) mass is 541 g/mol. The van der Waals surface area contributed by atoms with Gasteiger partial charge in [-0.05, 0) is 62.9 Å². The van der Waals surface area contributed by atoms with Crippen molar-refractivity contribution in [1.82, 2.24) is 0 Å². The van der Waals surface area contributed by atoms with Crippen LogP contribution in [0.1, 0.15) is 0 Å². The normalized spacial score (nSPS) is 13.7. The van der Waals surface area contributed by atoms with Gasteiger partial charge in [-0.1, -0.05) is 109 Å². The topological polar surface area (TPSA) is 21.7 Å². The van der Waals surface area contributed by atoms with Gasteiger partial charge in [-0.2, -0.15) is 0 Å². The lowest BCUT2D eigenvalue weighted by Gasteiger charge is -2.51. The minimum absolute atomic E-state index is 0.0476. The van der Waals surface area contributed by atoms with E-state index in [1.165, 1.54) is 37.9 Å². The molecule has 6 aromatic rings. The van der Waals surface area contributed by atoms with Gasteiger partial charge < -0.3 is 14.0 Å². The van der Waals surface area contributed by atoms with E-state index in [4.69, 9.17) is 9.47 Å². The number of anilines is 2. The number of hydrogen-bond acceptors (Lipinski definition) is 3. The molecular formula is C36H24BNO2Si. The molecule has 0 radical (unpaired) electrons. The van der Waals surface area contributed by atoms with Gasteiger partial charge in [0.1, 0.15) is 23.0 Å². The fourth-order valence-electron chi connectivity index (χ4n) is 7.29. The minimum atomic E-state index is -2.94. The lowest BCUT2D eigenvalue weighted by molar-refractivity contribution is 0.464. The summed E-state index contributed by atoms with van der Waals surface area (Å²) < 4.78 is 15.9. The zero-order valence-corrected chi connectivity index (χ0v) is 23.2. The zero-order chi connectivity index (χ0) is 27.0. The first-order valence-electron chi connectivity index (χ1n) is 14.1. The summed E-state index contributed by atoms with van der Waals surface area (Å²) in [6, 6.07) is 52.5. The summed E-state index contributed by atoms with van der Waals surface area (Å²) in [7, 11) is -2.94. The average Bonchev–Trinajstić information content (AvgIpc) is 3.04. The first kappa shape index (κ1) is 22.8. The Morgan fingerprint density at radius 1 is 0.390 bits per heavy atom. The highest BCUT2D eigenvalue weighted by molar-refractivity contribution is 7.15. The van der Waals surface area contributed by atoms with Crippen LogP contribution in [-0.4, -0.2) is 14.9 Å². The van der Waals surface area contributed by atoms with Crippen molar-refractivity contribution in [2.75, 3.05) is 4.57 Å². The number of nitrogens with zero attached hydrogens (tertiary/aromatic N) is 1. The molecule has 0 spiro atoms. The smallest absolute Gasteiger partial charge is 0.266 e. The van der Waals surface area contributed by atoms with Crippen LogP contribution in [-0.2, 0) is 0 Å². The quantitative estimate of drug-likeness (QED) is 0.242. The Labute approximate surface area is 240 Å². The van der Waals surface area contributed by atoms with Crippen LogP contribution in [0, 0.1) is 0 Å². The number of ether oxygens (including phenoxy) is 2. The van der Waals surface area contributed by atoms with Crippen molar-refractivity contribution in [3.63, 3.8) is 0 Å². The van der Waals surface area contributed by atoms with Gasteiger partial charge in [-0.25, -0.2) is 0 Å². The van der Waals surface area contributed by atoms with E-state index in [2.05, 4.69) is 144 Å². The first-order chi connectivity index (χ1) is 20.4. The molecule has 9 rings (SSSR count). The number of rotatable bonds is 4. The second-order valence-corrected chi connectivity index (χ2v) is 14.4. The highest BCUT2D eigenvalue weighted by Crippen LogP contribution is 2.43. The maximum absolute atomic E-state index is 6.64. The number of hydrogen-bond donors (Lipinski definition) is 0. The van der Waals surface area contributed by atoms with E-state index >= 15 is 0 Å². The third kappa shape index (κ3) is 2.99. The van der Waals surface area contributed by atoms with Crippen molar-refractivity contribution in [2.45, 2.75) is 0 Å². The third-order valence-corrected chi connectivity index (χ3v) is 13.5. The molecule has 0 bridgehead atoms. The zero-order valence-electron chi connectivity index (χ0n) is 22.2. The largest absolute Gasteiger partial charge is 0.458 e. The van der Waals surface area contributed by atoms with Crippen molar-refractivity contribution >= 4 is 58.3 Å². The van der Waals surface area contributed by atoms with Crippen LogP contribution in [0.25, 0.3) is 0 Å². The van der Waals surface area contributed by atoms with Crippen molar-refractivity contribution < 1.29 is 9.47 Å². The molecule has 0 saturated carbocycles. The van der Waals surface area contributed by atoms with E-state index in [1.807, 2.05) is 6.07 Å². The van der Waals surface area contributed by atoms with Gasteiger partial charge >= 0.3 is 0 Å². The second-order valence-electron chi connectivity index (χ2n) is 10.8. The predicted octanol–water partition coefficient (Wildman–Crippen LogP) is 4.53. The summed E-state index contributed by atoms with van der Waals surface area (Å²) in [5.74, 6) is 3.59. The Morgan fingerprint density at radius 2 is 0.756 bits per heavy atom. The van der Waals surface area contributed by atoms with E-state index in [1.54, 1.807) is 0 Å². The lowest BCUT2D eigenvalue weighted by Crippen LogP contribution is -2.79. The maximum Gasteiger partial charge on any atom is 0.266 e. The molecule has 6 aromatic carbocycles. The summed E-state index contributed by atoms with van der Waals surface area (Å²) in [6.45, 7) is 0.0476. The lowest BCUT2D eigenvalue weighted by atomic mass is 9.33. The molecule has 0 aliphatic carbocycles. The van der Waals surface area contributed by atoms with Crippen LogP contribution >= 0.6 is 0 Å². The molecule has 3 heterocycles. The van der Waals surface area contributed by atoms with Crippen LogP contribution in [0.4, 0.5) is 11.4 Å². The van der Waals surface area contributed by atoms with Crippen molar-refractivity contribution in [2.24, 2.45) is 0 Å². The molecule has 5 heteroatoms. The van der Waals surface area contributed by atoms with E-state index in [0.717, 1.165) is 28.5 Å². The average molecular weight is 541 g/mol. The Bertz CT molecular complexity index is 1790. The standard InChI is InChI=1S/C36H24BNO2Si/c1-4-13-25(14-5-1)41(26-15-6-2-7-16-26,27-17-8-3-9-18-27)38-28-19-10-21-30-34(28)37-35-29(38)20-11-22-31(35)40-33-24-12-23-32(39-30)36(33)37/h1-24H. The maximum atomic E-state index is 6.64. The molecule has 41 heavy (non-hydrogen) atoms. The van der Waals surface area contributed by atoms with E-state index in [0.29, 0.717) is 0 Å². The molecule has 0 fully saturated rings.